The van der Waals surface area contributed by atoms with Crippen LogP contribution in [-0.4, -0.2) is 31.2 Å². The minimum atomic E-state index is -6.11. The molecule has 0 spiro atoms. The Kier molecular flexibility index (Phi) is 6.13. The van der Waals surface area contributed by atoms with Gasteiger partial charge in [-0.1, -0.05) is 12.1 Å². The normalized spacial score (nSPS) is 14.8. The van der Waals surface area contributed by atoms with Crippen LogP contribution in [0.4, 0.5) is 30.7 Å². The van der Waals surface area contributed by atoms with E-state index in [9.17, 15) is 30.7 Å². The molecule has 0 amide bonds. The molecule has 1 atom stereocenters. The minimum Gasteiger partial charge on any atom is -0.491 e. The van der Waals surface area contributed by atoms with Crippen LogP contribution in [0.2, 0.25) is 0 Å². The van der Waals surface area contributed by atoms with Crippen molar-refractivity contribution in [1.82, 2.24) is 0 Å². The molecule has 0 fully saturated rings. The van der Waals surface area contributed by atoms with E-state index in [1.807, 2.05) is 0 Å². The average molecular weight is 362 g/mol. The molecule has 0 bridgehead atoms. The van der Waals surface area contributed by atoms with Crippen LogP contribution in [0, 0.1) is 0 Å². The van der Waals surface area contributed by atoms with Gasteiger partial charge in [-0.25, -0.2) is 4.39 Å². The van der Waals surface area contributed by atoms with Crippen LogP contribution in [-0.2, 0) is 4.74 Å². The molecule has 9 heteroatoms. The Morgan fingerprint density at radius 2 is 1.33 bits per heavy atom. The number of ether oxygens (including phenoxy) is 2. The highest BCUT2D eigenvalue weighted by atomic mass is 19.4. The van der Waals surface area contributed by atoms with E-state index in [2.05, 4.69) is 4.74 Å². The van der Waals surface area contributed by atoms with Gasteiger partial charge < -0.3 is 9.47 Å². The molecule has 0 heterocycles. The van der Waals surface area contributed by atoms with E-state index in [1.54, 1.807) is 13.8 Å². The molecule has 0 N–H and O–H groups in total. The van der Waals surface area contributed by atoms with Crippen molar-refractivity contribution in [2.24, 2.45) is 0 Å². The van der Waals surface area contributed by atoms with Crippen molar-refractivity contribution in [2.75, 3.05) is 7.11 Å². The van der Waals surface area contributed by atoms with Crippen molar-refractivity contribution in [3.8, 4) is 5.75 Å². The van der Waals surface area contributed by atoms with Crippen molar-refractivity contribution in [3.05, 3.63) is 29.8 Å². The first-order chi connectivity index (χ1) is 10.8. The Labute approximate surface area is 134 Å². The van der Waals surface area contributed by atoms with Crippen molar-refractivity contribution in [3.63, 3.8) is 0 Å². The molecule has 1 aromatic carbocycles. The maximum atomic E-state index is 13.8. The summed E-state index contributed by atoms with van der Waals surface area (Å²) in [5, 5.41) is 0. The largest absolute Gasteiger partial charge is 0.491 e. The molecule has 0 aliphatic heterocycles. The Balaban J connectivity index is 3.08. The van der Waals surface area contributed by atoms with Gasteiger partial charge in [-0.3, -0.25) is 0 Å². The predicted molar refractivity (Wildman–Crippen MR) is 72.5 cm³/mol. The number of alkyl halides is 7. The van der Waals surface area contributed by atoms with Crippen molar-refractivity contribution in [2.45, 2.75) is 50.5 Å². The van der Waals surface area contributed by atoms with Gasteiger partial charge in [-0.05, 0) is 31.5 Å². The van der Waals surface area contributed by atoms with Crippen LogP contribution in [0.25, 0.3) is 0 Å². The molecule has 0 saturated carbocycles. The SMILES string of the molecule is COC(CC(F)(C(F)(F)F)C(F)(F)F)c1ccc(OC(C)C)cc1. The second-order valence-electron chi connectivity index (χ2n) is 5.46. The van der Waals surface area contributed by atoms with Crippen LogP contribution in [0.15, 0.2) is 24.3 Å². The third kappa shape index (κ3) is 4.52. The quantitative estimate of drug-likeness (QED) is 0.632. The lowest BCUT2D eigenvalue weighted by Crippen LogP contribution is -2.54. The van der Waals surface area contributed by atoms with Crippen LogP contribution in [0.1, 0.15) is 31.9 Å². The molecule has 0 saturated heterocycles. The highest BCUT2D eigenvalue weighted by Gasteiger charge is 2.72. The summed E-state index contributed by atoms with van der Waals surface area (Å²) in [4.78, 5) is 0. The number of halogens is 7. The first kappa shape index (κ1) is 20.5. The highest BCUT2D eigenvalue weighted by molar-refractivity contribution is 5.29. The molecule has 138 valence electrons. The maximum Gasteiger partial charge on any atom is 0.431 e. The van der Waals surface area contributed by atoms with E-state index in [0.717, 1.165) is 7.11 Å². The van der Waals surface area contributed by atoms with Crippen LogP contribution < -0.4 is 4.74 Å². The van der Waals surface area contributed by atoms with Gasteiger partial charge in [-0.15, -0.1) is 0 Å². The molecule has 0 aromatic heterocycles. The van der Waals surface area contributed by atoms with Gasteiger partial charge in [0, 0.05) is 13.5 Å². The van der Waals surface area contributed by atoms with Crippen molar-refractivity contribution >= 4 is 0 Å². The van der Waals surface area contributed by atoms with Crippen molar-refractivity contribution < 1.29 is 40.2 Å². The minimum absolute atomic E-state index is 0.0240. The smallest absolute Gasteiger partial charge is 0.431 e. The number of rotatable bonds is 6. The Bertz CT molecular complexity index is 506. The Hall–Kier alpha value is -1.51. The summed E-state index contributed by atoms with van der Waals surface area (Å²) in [6.45, 7) is 3.49. The summed E-state index contributed by atoms with van der Waals surface area (Å²) in [5.74, 6) is 0.377. The molecule has 1 unspecified atom stereocenters. The fourth-order valence-electron chi connectivity index (χ4n) is 2.02. The van der Waals surface area contributed by atoms with Gasteiger partial charge in [-0.2, -0.15) is 26.3 Å². The summed E-state index contributed by atoms with van der Waals surface area (Å²) < 4.78 is 99.7. The summed E-state index contributed by atoms with van der Waals surface area (Å²) in [7, 11) is 0.913. The molecule has 24 heavy (non-hydrogen) atoms. The molecule has 2 nitrogen and oxygen atoms in total. The zero-order chi connectivity index (χ0) is 18.8. The standard InChI is InChI=1S/C15H17F7O2/c1-9(2)24-11-6-4-10(5-7-11)12(23-3)8-13(16,14(17,18)19)15(20,21)22/h4-7,9,12H,8H2,1-3H3. The van der Waals surface area contributed by atoms with E-state index in [0.29, 0.717) is 5.75 Å². The van der Waals surface area contributed by atoms with Gasteiger partial charge in [0.2, 0.25) is 0 Å². The lowest BCUT2D eigenvalue weighted by molar-refractivity contribution is -0.348. The summed E-state index contributed by atoms with van der Waals surface area (Å²) in [6, 6.07) is 5.20. The fraction of sp³-hybridized carbons (Fsp3) is 0.600. The monoisotopic (exact) mass is 362 g/mol. The zero-order valence-electron chi connectivity index (χ0n) is 13.1. The van der Waals surface area contributed by atoms with Crippen LogP contribution >= 0.6 is 0 Å². The van der Waals surface area contributed by atoms with E-state index < -0.39 is 30.5 Å². The average Bonchev–Trinajstić information content (AvgIpc) is 2.42. The number of methoxy groups -OCH3 is 1. The summed E-state index contributed by atoms with van der Waals surface area (Å²) >= 11 is 0. The van der Waals surface area contributed by atoms with Gasteiger partial charge in [0.25, 0.3) is 0 Å². The van der Waals surface area contributed by atoms with Gasteiger partial charge in [0.1, 0.15) is 5.75 Å². The molecule has 0 aliphatic carbocycles. The number of hydrogen-bond donors (Lipinski definition) is 0. The third-order valence-electron chi connectivity index (χ3n) is 3.27. The second-order valence-corrected chi connectivity index (χ2v) is 5.46. The molecule has 1 rings (SSSR count). The Morgan fingerprint density at radius 3 is 1.67 bits per heavy atom. The van der Waals surface area contributed by atoms with E-state index in [1.165, 1.54) is 24.3 Å². The third-order valence-corrected chi connectivity index (χ3v) is 3.27. The highest BCUT2D eigenvalue weighted by Crippen LogP contribution is 2.51. The van der Waals surface area contributed by atoms with Crippen LogP contribution in [0.5, 0.6) is 5.75 Å². The molecule has 0 aliphatic rings. The zero-order valence-corrected chi connectivity index (χ0v) is 13.1. The summed E-state index contributed by atoms with van der Waals surface area (Å²) in [6.07, 6.45) is -16.0. The first-order valence-electron chi connectivity index (χ1n) is 6.93. The lowest BCUT2D eigenvalue weighted by Gasteiger charge is -2.32. The summed E-state index contributed by atoms with van der Waals surface area (Å²) in [5.41, 5.74) is -5.39. The number of hydrogen-bond acceptors (Lipinski definition) is 2. The molecular weight excluding hydrogens is 345 g/mol. The van der Waals surface area contributed by atoms with Gasteiger partial charge in [0.15, 0.2) is 0 Å². The molecular formula is C15H17F7O2. The van der Waals surface area contributed by atoms with Gasteiger partial charge >= 0.3 is 18.0 Å². The van der Waals surface area contributed by atoms with E-state index >= 15 is 0 Å². The maximum absolute atomic E-state index is 13.8. The van der Waals surface area contributed by atoms with E-state index in [4.69, 9.17) is 4.74 Å². The lowest BCUT2D eigenvalue weighted by atomic mass is 9.92. The Morgan fingerprint density at radius 1 is 0.875 bits per heavy atom. The fourth-order valence-corrected chi connectivity index (χ4v) is 2.02. The second kappa shape index (κ2) is 7.16. The molecule has 0 radical (unpaired) electrons. The van der Waals surface area contributed by atoms with Crippen molar-refractivity contribution in [1.29, 1.82) is 0 Å². The topological polar surface area (TPSA) is 18.5 Å². The van der Waals surface area contributed by atoms with Crippen LogP contribution in [0.3, 0.4) is 0 Å². The number of benzene rings is 1. The van der Waals surface area contributed by atoms with E-state index in [-0.39, 0.29) is 11.7 Å². The first-order valence-corrected chi connectivity index (χ1v) is 6.93. The van der Waals surface area contributed by atoms with Gasteiger partial charge in [0.05, 0.1) is 12.2 Å². The molecule has 1 aromatic rings. The predicted octanol–water partition coefficient (Wildman–Crippen LogP) is 5.38.